The Kier molecular flexibility index (Phi) is 16.2. The van der Waals surface area contributed by atoms with Gasteiger partial charge in [0.2, 0.25) is 0 Å². The Morgan fingerprint density at radius 3 is 1.84 bits per heavy atom. The molecule has 0 aliphatic heterocycles. The molecule has 0 saturated heterocycles. The van der Waals surface area contributed by atoms with Crippen LogP contribution in [-0.2, 0) is 58.5 Å². The molecule has 10 nitrogen and oxygen atoms in total. The van der Waals surface area contributed by atoms with Crippen molar-refractivity contribution in [2.45, 2.75) is 78.1 Å². The normalized spacial score (nSPS) is 14.5. The quantitative estimate of drug-likeness (QED) is 0.0687. The number of hydrogen-bond donors (Lipinski definition) is 0. The molecular formula is C38H47IO10. The summed E-state index contributed by atoms with van der Waals surface area (Å²) in [5.41, 5.74) is 1.25. The van der Waals surface area contributed by atoms with E-state index in [1.54, 1.807) is 52.0 Å². The highest BCUT2D eigenvalue weighted by atomic mass is 127. The molecule has 0 spiro atoms. The van der Waals surface area contributed by atoms with Gasteiger partial charge < -0.3 is 23.7 Å². The maximum Gasteiger partial charge on any atom is 0.328 e. The van der Waals surface area contributed by atoms with Crippen LogP contribution in [0.1, 0.15) is 81.2 Å². The van der Waals surface area contributed by atoms with Crippen LogP contribution in [0.4, 0.5) is 0 Å². The van der Waals surface area contributed by atoms with Gasteiger partial charge in [0.05, 0.1) is 26.4 Å². The van der Waals surface area contributed by atoms with Crippen LogP contribution >= 0.6 is 22.6 Å². The molecule has 0 fully saturated rings. The summed E-state index contributed by atoms with van der Waals surface area (Å²) < 4.78 is 26.5. The number of rotatable bonds is 14. The lowest BCUT2D eigenvalue weighted by Crippen LogP contribution is -2.46. The highest BCUT2D eigenvalue weighted by Crippen LogP contribution is 2.48. The van der Waals surface area contributed by atoms with Crippen LogP contribution in [0.2, 0.25) is 0 Å². The summed E-state index contributed by atoms with van der Waals surface area (Å²) >= 11 is 2.10. The third-order valence-corrected chi connectivity index (χ3v) is 8.82. The topological polar surface area (TPSA) is 132 Å². The lowest BCUT2D eigenvalue weighted by atomic mass is 9.77. The fourth-order valence-corrected chi connectivity index (χ4v) is 6.80. The second-order valence-corrected chi connectivity index (χ2v) is 12.5. The Balaban J connectivity index is 0.000000347. The molecule has 0 amide bonds. The fourth-order valence-electron chi connectivity index (χ4n) is 5.66. The van der Waals surface area contributed by atoms with Crippen molar-refractivity contribution in [2.24, 2.45) is 0 Å². The number of esters is 5. The van der Waals surface area contributed by atoms with Crippen molar-refractivity contribution >= 4 is 52.4 Å². The summed E-state index contributed by atoms with van der Waals surface area (Å²) in [6.07, 6.45) is 5.35. The Labute approximate surface area is 302 Å². The van der Waals surface area contributed by atoms with Crippen LogP contribution in [0.3, 0.4) is 0 Å². The lowest BCUT2D eigenvalue weighted by Gasteiger charge is -2.29. The summed E-state index contributed by atoms with van der Waals surface area (Å²) in [7, 11) is 0. The Morgan fingerprint density at radius 1 is 0.816 bits per heavy atom. The predicted molar refractivity (Wildman–Crippen MR) is 193 cm³/mol. The number of ether oxygens (including phenoxy) is 5. The molecule has 1 unspecified atom stereocenters. The molecule has 266 valence electrons. The SMILES string of the molecule is C=CC1CC(C(=O)OCC)(C(=O)OCC)c2ccc(C)cc21.CCOC(=O)C(C/C=C\COC(C)=O)(C(=O)OCC)c1ccc(C)cc1I. The van der Waals surface area contributed by atoms with E-state index in [9.17, 15) is 24.0 Å². The standard InChI is InChI=1S/C20H25IO6.C18H22O4/c1-5-25-18(23)20(19(24)26-6-2,11-7-8-12-27-15(4)22)16-10-9-14(3)13-17(16)21;1-5-13-11-18(16(19)21-6-2,17(20)22-7-3)15-9-8-12(4)10-14(13)15/h7-10,13H,5-6,11-12H2,1-4H3;5,8-10,13H,1,6-7,11H2,2-4H3/b8-7-;. The summed E-state index contributed by atoms with van der Waals surface area (Å²) in [5, 5.41) is 0. The van der Waals surface area contributed by atoms with Crippen molar-refractivity contribution in [3.05, 3.63) is 92.6 Å². The van der Waals surface area contributed by atoms with E-state index in [-0.39, 0.29) is 45.4 Å². The zero-order valence-electron chi connectivity index (χ0n) is 29.4. The van der Waals surface area contributed by atoms with Gasteiger partial charge in [-0.15, -0.1) is 6.58 Å². The lowest BCUT2D eigenvalue weighted by molar-refractivity contribution is -0.166. The van der Waals surface area contributed by atoms with Crippen molar-refractivity contribution in [1.29, 1.82) is 0 Å². The van der Waals surface area contributed by atoms with Crippen molar-refractivity contribution in [3.8, 4) is 0 Å². The first-order chi connectivity index (χ1) is 23.3. The van der Waals surface area contributed by atoms with E-state index in [0.29, 0.717) is 17.5 Å². The average Bonchev–Trinajstić information content (AvgIpc) is 3.38. The zero-order valence-corrected chi connectivity index (χ0v) is 31.5. The number of halogens is 1. The van der Waals surface area contributed by atoms with Crippen LogP contribution in [0.25, 0.3) is 0 Å². The van der Waals surface area contributed by atoms with Crippen molar-refractivity contribution in [3.63, 3.8) is 0 Å². The Hall–Kier alpha value is -4.00. The molecule has 11 heteroatoms. The number of hydrogen-bond acceptors (Lipinski definition) is 10. The molecule has 0 bridgehead atoms. The molecule has 2 aromatic carbocycles. The summed E-state index contributed by atoms with van der Waals surface area (Å²) in [6, 6.07) is 11.2. The van der Waals surface area contributed by atoms with Gasteiger partial charge in [-0.3, -0.25) is 24.0 Å². The first kappa shape index (κ1) is 41.2. The number of fused-ring (bicyclic) bond motifs is 1. The number of benzene rings is 2. The van der Waals surface area contributed by atoms with Gasteiger partial charge in [0.1, 0.15) is 6.61 Å². The molecule has 0 aromatic heterocycles. The van der Waals surface area contributed by atoms with Crippen LogP contribution in [0.15, 0.2) is 61.2 Å². The van der Waals surface area contributed by atoms with Crippen molar-refractivity contribution in [1.82, 2.24) is 0 Å². The summed E-state index contributed by atoms with van der Waals surface area (Å²) in [5.74, 6) is -2.88. The van der Waals surface area contributed by atoms with E-state index in [4.69, 9.17) is 23.7 Å². The highest BCUT2D eigenvalue weighted by molar-refractivity contribution is 14.1. The van der Waals surface area contributed by atoms with Gasteiger partial charge in [0, 0.05) is 16.4 Å². The Morgan fingerprint density at radius 2 is 1.35 bits per heavy atom. The highest BCUT2D eigenvalue weighted by Gasteiger charge is 2.57. The van der Waals surface area contributed by atoms with E-state index in [1.807, 2.05) is 44.2 Å². The van der Waals surface area contributed by atoms with E-state index in [1.165, 1.54) is 6.92 Å². The third kappa shape index (κ3) is 9.58. The molecule has 2 aromatic rings. The number of aryl methyl sites for hydroxylation is 2. The molecule has 0 heterocycles. The number of allylic oxidation sites excluding steroid dienone is 2. The smallest absolute Gasteiger partial charge is 0.328 e. The van der Waals surface area contributed by atoms with Crippen LogP contribution in [0, 0.1) is 17.4 Å². The largest absolute Gasteiger partial charge is 0.465 e. The van der Waals surface area contributed by atoms with Crippen LogP contribution < -0.4 is 0 Å². The first-order valence-electron chi connectivity index (χ1n) is 16.3. The van der Waals surface area contributed by atoms with Crippen LogP contribution in [0.5, 0.6) is 0 Å². The van der Waals surface area contributed by atoms with E-state index < -0.39 is 40.7 Å². The van der Waals surface area contributed by atoms with Gasteiger partial charge in [-0.25, -0.2) is 0 Å². The molecule has 1 aliphatic rings. The van der Waals surface area contributed by atoms with Crippen molar-refractivity contribution in [2.75, 3.05) is 33.0 Å². The van der Waals surface area contributed by atoms with E-state index in [2.05, 4.69) is 29.2 Å². The summed E-state index contributed by atoms with van der Waals surface area (Å²) in [4.78, 5) is 62.0. The van der Waals surface area contributed by atoms with Gasteiger partial charge >= 0.3 is 29.8 Å². The predicted octanol–water partition coefficient (Wildman–Crippen LogP) is 6.51. The molecule has 3 rings (SSSR count). The second kappa shape index (κ2) is 19.3. The molecule has 0 N–H and O–H groups in total. The van der Waals surface area contributed by atoms with Gasteiger partial charge in [0.15, 0.2) is 10.8 Å². The van der Waals surface area contributed by atoms with Crippen LogP contribution in [-0.4, -0.2) is 62.9 Å². The molecule has 1 aliphatic carbocycles. The summed E-state index contributed by atoms with van der Waals surface area (Å²) in [6.45, 7) is 16.7. The number of carbonyl (C=O) groups is 5. The number of carbonyl (C=O) groups excluding carboxylic acids is 5. The average molecular weight is 791 g/mol. The maximum atomic E-state index is 12.9. The Bertz CT molecular complexity index is 1510. The molecule has 1 atom stereocenters. The minimum Gasteiger partial charge on any atom is -0.465 e. The molecule has 0 radical (unpaired) electrons. The fraction of sp³-hybridized carbons (Fsp3) is 0.447. The minimum atomic E-state index is -1.62. The zero-order chi connectivity index (χ0) is 36.8. The van der Waals surface area contributed by atoms with E-state index in [0.717, 1.165) is 20.3 Å². The first-order valence-corrected chi connectivity index (χ1v) is 17.4. The maximum absolute atomic E-state index is 12.9. The second-order valence-electron chi connectivity index (χ2n) is 11.3. The third-order valence-electron chi connectivity index (χ3n) is 7.93. The van der Waals surface area contributed by atoms with Gasteiger partial charge in [0.25, 0.3) is 0 Å². The minimum absolute atomic E-state index is 0.0327. The molecular weight excluding hydrogens is 743 g/mol. The van der Waals surface area contributed by atoms with Crippen molar-refractivity contribution < 1.29 is 47.7 Å². The monoisotopic (exact) mass is 790 g/mol. The van der Waals surface area contributed by atoms with Gasteiger partial charge in [-0.2, -0.15) is 0 Å². The van der Waals surface area contributed by atoms with Gasteiger partial charge in [-0.1, -0.05) is 59.7 Å². The van der Waals surface area contributed by atoms with E-state index >= 15 is 0 Å². The molecule has 49 heavy (non-hydrogen) atoms. The molecule has 0 saturated carbocycles. The van der Waals surface area contributed by atoms with Gasteiger partial charge in [-0.05, 0) is 99.7 Å².